The average Bonchev–Trinajstić information content (AvgIpc) is 2.70. The predicted molar refractivity (Wildman–Crippen MR) is 113 cm³/mol. The summed E-state index contributed by atoms with van der Waals surface area (Å²) in [7, 11) is 0. The summed E-state index contributed by atoms with van der Waals surface area (Å²) in [6.07, 6.45) is 0.880. The molecular weight excluding hydrogens is 354 g/mol. The zero-order valence-corrected chi connectivity index (χ0v) is 16.4. The summed E-state index contributed by atoms with van der Waals surface area (Å²) in [4.78, 5) is 24.2. The molecule has 0 spiro atoms. The number of hydrogen-bond donors (Lipinski definition) is 3. The van der Waals surface area contributed by atoms with Gasteiger partial charge >= 0.3 is 0 Å². The lowest BCUT2D eigenvalue weighted by molar-refractivity contribution is -0.114. The van der Waals surface area contributed by atoms with Crippen LogP contribution in [0.4, 0.5) is 11.4 Å². The van der Waals surface area contributed by atoms with Gasteiger partial charge in [0.1, 0.15) is 12.4 Å². The van der Waals surface area contributed by atoms with Gasteiger partial charge in [0, 0.05) is 23.5 Å². The Hall–Kier alpha value is -3.28. The molecule has 0 bridgehead atoms. The summed E-state index contributed by atoms with van der Waals surface area (Å²) >= 11 is 0. The maximum Gasteiger partial charge on any atom is 0.251 e. The van der Waals surface area contributed by atoms with E-state index in [2.05, 4.69) is 22.5 Å². The van der Waals surface area contributed by atoms with Crippen LogP contribution >= 0.6 is 0 Å². The molecule has 6 nitrogen and oxygen atoms in total. The molecule has 0 radical (unpaired) electrons. The van der Waals surface area contributed by atoms with Gasteiger partial charge in [0.15, 0.2) is 0 Å². The van der Waals surface area contributed by atoms with Crippen LogP contribution in [0.25, 0.3) is 0 Å². The molecule has 0 atom stereocenters. The van der Waals surface area contributed by atoms with Gasteiger partial charge in [-0.2, -0.15) is 0 Å². The van der Waals surface area contributed by atoms with E-state index in [0.29, 0.717) is 30.1 Å². The number of rotatable bonds is 10. The number of ether oxygens (including phenoxy) is 1. The number of amides is 2. The van der Waals surface area contributed by atoms with Gasteiger partial charge in [-0.15, -0.1) is 0 Å². The lowest BCUT2D eigenvalue weighted by Gasteiger charge is -2.10. The van der Waals surface area contributed by atoms with E-state index in [0.717, 1.165) is 17.7 Å². The van der Waals surface area contributed by atoms with Crippen molar-refractivity contribution >= 4 is 23.2 Å². The Labute approximate surface area is 166 Å². The fraction of sp³-hybridized carbons (Fsp3) is 0.273. The van der Waals surface area contributed by atoms with E-state index in [4.69, 9.17) is 4.74 Å². The summed E-state index contributed by atoms with van der Waals surface area (Å²) in [6, 6.07) is 14.2. The standard InChI is InChI=1S/C22H27N3O3/c1-4-12-23-22(27)17-6-5-7-19(13-17)24-14-21(26)25-18-8-10-20(11-9-18)28-15-16(2)3/h5-11,13,24H,2,4,12,14-15H2,1,3H3,(H,23,27)(H,25,26). The van der Waals surface area contributed by atoms with E-state index in [1.165, 1.54) is 0 Å². The second-order valence-corrected chi connectivity index (χ2v) is 6.51. The van der Waals surface area contributed by atoms with E-state index < -0.39 is 0 Å². The van der Waals surface area contributed by atoms with Crippen LogP contribution in [0.1, 0.15) is 30.6 Å². The maximum atomic E-state index is 12.2. The third-order valence-electron chi connectivity index (χ3n) is 3.74. The van der Waals surface area contributed by atoms with Gasteiger partial charge in [-0.3, -0.25) is 9.59 Å². The fourth-order valence-corrected chi connectivity index (χ4v) is 2.34. The zero-order valence-electron chi connectivity index (χ0n) is 16.4. The molecule has 0 aromatic heterocycles. The molecule has 0 aliphatic heterocycles. The molecule has 0 unspecified atom stereocenters. The molecule has 0 saturated heterocycles. The van der Waals surface area contributed by atoms with Crippen LogP contribution < -0.4 is 20.7 Å². The highest BCUT2D eigenvalue weighted by molar-refractivity contribution is 5.96. The van der Waals surface area contributed by atoms with Crippen LogP contribution in [0, 0.1) is 0 Å². The van der Waals surface area contributed by atoms with E-state index >= 15 is 0 Å². The minimum Gasteiger partial charge on any atom is -0.489 e. The van der Waals surface area contributed by atoms with Crippen molar-refractivity contribution in [2.45, 2.75) is 20.3 Å². The van der Waals surface area contributed by atoms with E-state index in [9.17, 15) is 9.59 Å². The molecule has 0 aliphatic carbocycles. The Bertz CT molecular complexity index is 816. The summed E-state index contributed by atoms with van der Waals surface area (Å²) in [5, 5.41) is 8.68. The molecular formula is C22H27N3O3. The van der Waals surface area contributed by atoms with Crippen LogP contribution in [-0.4, -0.2) is 31.5 Å². The van der Waals surface area contributed by atoms with Crippen LogP contribution in [0.2, 0.25) is 0 Å². The van der Waals surface area contributed by atoms with Gasteiger partial charge in [-0.1, -0.05) is 19.6 Å². The van der Waals surface area contributed by atoms with Gasteiger partial charge in [0.05, 0.1) is 6.54 Å². The fourth-order valence-electron chi connectivity index (χ4n) is 2.34. The third-order valence-corrected chi connectivity index (χ3v) is 3.74. The Morgan fingerprint density at radius 3 is 2.50 bits per heavy atom. The lowest BCUT2D eigenvalue weighted by atomic mass is 10.2. The highest BCUT2D eigenvalue weighted by atomic mass is 16.5. The van der Waals surface area contributed by atoms with Crippen LogP contribution in [0.5, 0.6) is 5.75 Å². The number of hydrogen-bond acceptors (Lipinski definition) is 4. The SMILES string of the molecule is C=C(C)COc1ccc(NC(=O)CNc2cccc(C(=O)NCCC)c2)cc1. The summed E-state index contributed by atoms with van der Waals surface area (Å²) in [6.45, 7) is 8.88. The molecule has 0 fully saturated rings. The number of carbonyl (C=O) groups is 2. The number of benzene rings is 2. The normalized spacial score (nSPS) is 10.1. The van der Waals surface area contributed by atoms with Crippen molar-refractivity contribution in [1.29, 1.82) is 0 Å². The largest absolute Gasteiger partial charge is 0.489 e. The molecule has 2 aromatic rings. The van der Waals surface area contributed by atoms with Crippen molar-refractivity contribution < 1.29 is 14.3 Å². The zero-order chi connectivity index (χ0) is 20.4. The summed E-state index contributed by atoms with van der Waals surface area (Å²) in [5.41, 5.74) is 2.89. The second kappa shape index (κ2) is 10.8. The highest BCUT2D eigenvalue weighted by Crippen LogP contribution is 2.16. The topological polar surface area (TPSA) is 79.5 Å². The molecule has 0 saturated carbocycles. The molecule has 28 heavy (non-hydrogen) atoms. The van der Waals surface area contributed by atoms with Gasteiger partial charge in [-0.25, -0.2) is 0 Å². The molecule has 2 amide bonds. The molecule has 2 aromatic carbocycles. The molecule has 0 aliphatic rings. The van der Waals surface area contributed by atoms with Gasteiger partial charge < -0.3 is 20.7 Å². The second-order valence-electron chi connectivity index (χ2n) is 6.51. The van der Waals surface area contributed by atoms with Crippen molar-refractivity contribution in [2.24, 2.45) is 0 Å². The quantitative estimate of drug-likeness (QED) is 0.547. The number of nitrogens with one attached hydrogen (secondary N) is 3. The summed E-state index contributed by atoms with van der Waals surface area (Å²) in [5.74, 6) is 0.414. The molecule has 2 rings (SSSR count). The van der Waals surface area contributed by atoms with Crippen molar-refractivity contribution in [3.05, 3.63) is 66.2 Å². The first-order valence-corrected chi connectivity index (χ1v) is 9.27. The minimum absolute atomic E-state index is 0.0912. The maximum absolute atomic E-state index is 12.2. The van der Waals surface area contributed by atoms with Crippen LogP contribution in [-0.2, 0) is 4.79 Å². The van der Waals surface area contributed by atoms with Crippen molar-refractivity contribution in [3.8, 4) is 5.75 Å². The van der Waals surface area contributed by atoms with Gasteiger partial charge in [0.25, 0.3) is 5.91 Å². The average molecular weight is 381 g/mol. The first-order chi connectivity index (χ1) is 13.5. The van der Waals surface area contributed by atoms with Gasteiger partial charge in [0.2, 0.25) is 5.91 Å². The van der Waals surface area contributed by atoms with Crippen molar-refractivity contribution in [1.82, 2.24) is 5.32 Å². The predicted octanol–water partition coefficient (Wildman–Crippen LogP) is 3.83. The third kappa shape index (κ3) is 7.15. The van der Waals surface area contributed by atoms with E-state index in [1.54, 1.807) is 42.5 Å². The molecule has 6 heteroatoms. The van der Waals surface area contributed by atoms with E-state index in [1.807, 2.05) is 19.9 Å². The minimum atomic E-state index is -0.184. The number of carbonyl (C=O) groups excluding carboxylic acids is 2. The first-order valence-electron chi connectivity index (χ1n) is 9.27. The molecule has 3 N–H and O–H groups in total. The summed E-state index contributed by atoms with van der Waals surface area (Å²) < 4.78 is 5.53. The van der Waals surface area contributed by atoms with Crippen molar-refractivity contribution in [2.75, 3.05) is 30.3 Å². The van der Waals surface area contributed by atoms with Crippen LogP contribution in [0.15, 0.2) is 60.7 Å². The monoisotopic (exact) mass is 381 g/mol. The Morgan fingerprint density at radius 1 is 1.07 bits per heavy atom. The Balaban J connectivity index is 1.83. The first kappa shape index (κ1) is 21.0. The smallest absolute Gasteiger partial charge is 0.251 e. The van der Waals surface area contributed by atoms with Crippen LogP contribution in [0.3, 0.4) is 0 Å². The molecule has 0 heterocycles. The Morgan fingerprint density at radius 2 is 1.82 bits per heavy atom. The van der Waals surface area contributed by atoms with E-state index in [-0.39, 0.29) is 18.4 Å². The Kier molecular flexibility index (Phi) is 8.09. The highest BCUT2D eigenvalue weighted by Gasteiger charge is 2.07. The van der Waals surface area contributed by atoms with Gasteiger partial charge in [-0.05, 0) is 61.4 Å². The lowest BCUT2D eigenvalue weighted by Crippen LogP contribution is -2.24. The molecule has 148 valence electrons. The number of anilines is 2. The van der Waals surface area contributed by atoms with Crippen molar-refractivity contribution in [3.63, 3.8) is 0 Å².